The van der Waals surface area contributed by atoms with E-state index in [-0.39, 0.29) is 23.0 Å². The molecule has 174 valence electrons. The summed E-state index contributed by atoms with van der Waals surface area (Å²) in [6, 6.07) is 22.1. The predicted octanol–water partition coefficient (Wildman–Crippen LogP) is 4.71. The van der Waals surface area contributed by atoms with Gasteiger partial charge in [0.05, 0.1) is 12.2 Å². The first kappa shape index (κ1) is 23.5. The SMILES string of the molecule is N#Cc1ccccc1S(=O)(=O)OCc1ccc(C(=O)Nc2ccc(N3CCCCC3)cc2)cc1. The maximum absolute atomic E-state index is 12.6. The molecule has 8 heteroatoms. The third kappa shape index (κ3) is 5.63. The van der Waals surface area contributed by atoms with Gasteiger partial charge in [0.2, 0.25) is 0 Å². The smallest absolute Gasteiger partial charge is 0.298 e. The van der Waals surface area contributed by atoms with Crippen molar-refractivity contribution in [3.05, 3.63) is 89.5 Å². The quantitative estimate of drug-likeness (QED) is 0.497. The van der Waals surface area contributed by atoms with Gasteiger partial charge in [-0.15, -0.1) is 0 Å². The average Bonchev–Trinajstić information content (AvgIpc) is 2.88. The van der Waals surface area contributed by atoms with E-state index in [0.717, 1.165) is 18.8 Å². The minimum Gasteiger partial charge on any atom is -0.372 e. The first-order valence-electron chi connectivity index (χ1n) is 11.1. The molecule has 3 aromatic carbocycles. The van der Waals surface area contributed by atoms with Crippen molar-refractivity contribution in [2.45, 2.75) is 30.8 Å². The molecule has 34 heavy (non-hydrogen) atoms. The second-order valence-corrected chi connectivity index (χ2v) is 9.65. The van der Waals surface area contributed by atoms with Crippen LogP contribution in [0.5, 0.6) is 0 Å². The zero-order chi connectivity index (χ0) is 24.0. The molecule has 4 rings (SSSR count). The van der Waals surface area contributed by atoms with Crippen molar-refractivity contribution < 1.29 is 17.4 Å². The van der Waals surface area contributed by atoms with Crippen molar-refractivity contribution >= 4 is 27.4 Å². The van der Waals surface area contributed by atoms with Crippen LogP contribution in [0.2, 0.25) is 0 Å². The number of nitrogens with zero attached hydrogens (tertiary/aromatic N) is 2. The summed E-state index contributed by atoms with van der Waals surface area (Å²) in [7, 11) is -4.09. The lowest BCUT2D eigenvalue weighted by Crippen LogP contribution is -2.29. The van der Waals surface area contributed by atoms with Gasteiger partial charge in [0.1, 0.15) is 11.0 Å². The number of carbonyl (C=O) groups excluding carboxylic acids is 1. The summed E-state index contributed by atoms with van der Waals surface area (Å²) < 4.78 is 30.0. The van der Waals surface area contributed by atoms with Gasteiger partial charge in [0, 0.05) is 30.0 Å². The molecule has 0 unspecified atom stereocenters. The topological polar surface area (TPSA) is 99.5 Å². The summed E-state index contributed by atoms with van der Waals surface area (Å²) in [5, 5.41) is 12.0. The van der Waals surface area contributed by atoms with E-state index in [1.54, 1.807) is 30.3 Å². The number of amides is 1. The second kappa shape index (κ2) is 10.5. The van der Waals surface area contributed by atoms with E-state index in [1.165, 1.54) is 37.5 Å². The highest BCUT2D eigenvalue weighted by molar-refractivity contribution is 7.86. The summed E-state index contributed by atoms with van der Waals surface area (Å²) in [6.45, 7) is 1.92. The number of carbonyl (C=O) groups is 1. The van der Waals surface area contributed by atoms with E-state index in [0.29, 0.717) is 16.8 Å². The number of nitriles is 1. The monoisotopic (exact) mass is 475 g/mol. The number of hydrogen-bond acceptors (Lipinski definition) is 6. The Kier molecular flexibility index (Phi) is 7.26. The third-order valence-corrected chi connectivity index (χ3v) is 7.04. The Morgan fingerprint density at radius 1 is 0.941 bits per heavy atom. The standard InChI is InChI=1S/C26H25N3O4S/c27-18-22-6-2-3-7-25(22)34(31,32)33-19-20-8-10-21(11-9-20)26(30)28-23-12-14-24(15-13-23)29-16-4-1-5-17-29/h2-3,6-15H,1,4-5,16-17,19H2,(H,28,30). The molecule has 0 bridgehead atoms. The Morgan fingerprint density at radius 3 is 2.29 bits per heavy atom. The largest absolute Gasteiger partial charge is 0.372 e. The van der Waals surface area contributed by atoms with Crippen LogP contribution in [0.3, 0.4) is 0 Å². The maximum Gasteiger partial charge on any atom is 0.298 e. The zero-order valence-corrected chi connectivity index (χ0v) is 19.4. The Labute approximate surface area is 199 Å². The molecule has 0 aliphatic carbocycles. The molecule has 1 aliphatic rings. The average molecular weight is 476 g/mol. The Bertz CT molecular complexity index is 1290. The van der Waals surface area contributed by atoms with Gasteiger partial charge in [-0.3, -0.25) is 8.98 Å². The van der Waals surface area contributed by atoms with Crippen LogP contribution in [0.1, 0.15) is 40.7 Å². The maximum atomic E-state index is 12.6. The number of anilines is 2. The van der Waals surface area contributed by atoms with Crippen molar-refractivity contribution in [3.8, 4) is 6.07 Å². The lowest BCUT2D eigenvalue weighted by atomic mass is 10.1. The van der Waals surface area contributed by atoms with E-state index < -0.39 is 10.1 Å². The summed E-state index contributed by atoms with van der Waals surface area (Å²) in [5.41, 5.74) is 2.93. The molecule has 0 radical (unpaired) electrons. The van der Waals surface area contributed by atoms with Crippen LogP contribution in [0.15, 0.2) is 77.7 Å². The van der Waals surface area contributed by atoms with Crippen molar-refractivity contribution in [1.82, 2.24) is 0 Å². The molecule has 0 aromatic heterocycles. The molecule has 1 N–H and O–H groups in total. The summed E-state index contributed by atoms with van der Waals surface area (Å²) in [4.78, 5) is 14.8. The number of hydrogen-bond donors (Lipinski definition) is 1. The van der Waals surface area contributed by atoms with Gasteiger partial charge < -0.3 is 10.2 Å². The van der Waals surface area contributed by atoms with Crippen molar-refractivity contribution in [3.63, 3.8) is 0 Å². The number of piperidine rings is 1. The fourth-order valence-electron chi connectivity index (χ4n) is 3.85. The highest BCUT2D eigenvalue weighted by Gasteiger charge is 2.19. The molecule has 0 spiro atoms. The zero-order valence-electron chi connectivity index (χ0n) is 18.6. The highest BCUT2D eigenvalue weighted by Crippen LogP contribution is 2.22. The number of rotatable bonds is 7. The van der Waals surface area contributed by atoms with Gasteiger partial charge in [-0.05, 0) is 73.4 Å². The Morgan fingerprint density at radius 2 is 1.62 bits per heavy atom. The van der Waals surface area contributed by atoms with Gasteiger partial charge in [-0.25, -0.2) is 0 Å². The molecule has 3 aromatic rings. The van der Waals surface area contributed by atoms with E-state index >= 15 is 0 Å². The fraction of sp³-hybridized carbons (Fsp3) is 0.231. The first-order valence-corrected chi connectivity index (χ1v) is 12.5. The van der Waals surface area contributed by atoms with E-state index in [9.17, 15) is 13.2 Å². The summed E-state index contributed by atoms with van der Waals surface area (Å²) in [5.74, 6) is -0.256. The molecule has 0 saturated carbocycles. The highest BCUT2D eigenvalue weighted by atomic mass is 32.2. The van der Waals surface area contributed by atoms with Crippen LogP contribution in [0.4, 0.5) is 11.4 Å². The van der Waals surface area contributed by atoms with Crippen molar-refractivity contribution in [2.75, 3.05) is 23.3 Å². The Balaban J connectivity index is 1.35. The first-order chi connectivity index (χ1) is 16.5. The molecule has 7 nitrogen and oxygen atoms in total. The van der Waals surface area contributed by atoms with Crippen molar-refractivity contribution in [1.29, 1.82) is 5.26 Å². The van der Waals surface area contributed by atoms with Gasteiger partial charge in [0.15, 0.2) is 0 Å². The molecule has 1 saturated heterocycles. The molecule has 1 heterocycles. The lowest BCUT2D eigenvalue weighted by Gasteiger charge is -2.28. The van der Waals surface area contributed by atoms with E-state index in [1.807, 2.05) is 30.3 Å². The minimum absolute atomic E-state index is 0.0264. The molecule has 1 fully saturated rings. The minimum atomic E-state index is -4.09. The lowest BCUT2D eigenvalue weighted by molar-refractivity contribution is 0.102. The van der Waals surface area contributed by atoms with Crippen LogP contribution >= 0.6 is 0 Å². The second-order valence-electron chi connectivity index (χ2n) is 8.07. The van der Waals surface area contributed by atoms with Crippen molar-refractivity contribution in [2.24, 2.45) is 0 Å². The van der Waals surface area contributed by atoms with Gasteiger partial charge in [0.25, 0.3) is 16.0 Å². The van der Waals surface area contributed by atoms with Crippen LogP contribution in [0.25, 0.3) is 0 Å². The normalized spacial score (nSPS) is 13.8. The fourth-order valence-corrected chi connectivity index (χ4v) is 4.90. The van der Waals surface area contributed by atoms with E-state index in [4.69, 9.17) is 9.44 Å². The van der Waals surface area contributed by atoms with E-state index in [2.05, 4.69) is 10.2 Å². The van der Waals surface area contributed by atoms with Crippen LogP contribution < -0.4 is 10.2 Å². The summed E-state index contributed by atoms with van der Waals surface area (Å²) in [6.07, 6.45) is 3.69. The van der Waals surface area contributed by atoms with Gasteiger partial charge in [-0.2, -0.15) is 13.7 Å². The number of nitrogens with one attached hydrogen (secondary N) is 1. The third-order valence-electron chi connectivity index (χ3n) is 5.72. The van der Waals surface area contributed by atoms with Crippen LogP contribution in [-0.4, -0.2) is 27.4 Å². The molecule has 1 amide bonds. The van der Waals surface area contributed by atoms with Gasteiger partial charge >= 0.3 is 0 Å². The summed E-state index contributed by atoms with van der Waals surface area (Å²) >= 11 is 0. The predicted molar refractivity (Wildman–Crippen MR) is 130 cm³/mol. The van der Waals surface area contributed by atoms with Crippen LogP contribution in [0, 0.1) is 11.3 Å². The molecular formula is C26H25N3O4S. The van der Waals surface area contributed by atoms with Crippen LogP contribution in [-0.2, 0) is 20.9 Å². The molecule has 1 aliphatic heterocycles. The van der Waals surface area contributed by atoms with Gasteiger partial charge in [-0.1, -0.05) is 24.3 Å². The Hall–Kier alpha value is -3.67. The number of benzene rings is 3. The molecule has 0 atom stereocenters. The molecular weight excluding hydrogens is 450 g/mol.